The lowest BCUT2D eigenvalue weighted by Gasteiger charge is -2.15. The third-order valence-electron chi connectivity index (χ3n) is 3.30. The Balaban J connectivity index is 1.82. The van der Waals surface area contributed by atoms with Crippen molar-refractivity contribution in [2.24, 2.45) is 0 Å². The number of rotatable bonds is 5. The van der Waals surface area contributed by atoms with Gasteiger partial charge in [-0.05, 0) is 18.9 Å². The van der Waals surface area contributed by atoms with Crippen molar-refractivity contribution in [1.29, 1.82) is 0 Å². The highest BCUT2D eigenvalue weighted by atomic mass is 15.2. The Kier molecular flexibility index (Phi) is 3.68. The van der Waals surface area contributed by atoms with Crippen molar-refractivity contribution < 1.29 is 0 Å². The third-order valence-corrected chi connectivity index (χ3v) is 3.30. The molecule has 0 aliphatic carbocycles. The van der Waals surface area contributed by atoms with E-state index in [1.807, 2.05) is 6.07 Å². The molecule has 2 heterocycles. The van der Waals surface area contributed by atoms with Crippen LogP contribution in [0.5, 0.6) is 0 Å². The molecule has 0 radical (unpaired) electrons. The Morgan fingerprint density at radius 1 is 1.19 bits per heavy atom. The molecule has 0 saturated heterocycles. The van der Waals surface area contributed by atoms with Gasteiger partial charge in [0.1, 0.15) is 5.82 Å². The SMILES string of the molecule is CNc1nc(NC(C)Cc2ccccc2)c2cn[nH]c2n1. The number of fused-ring (bicyclic) bond motifs is 1. The van der Waals surface area contributed by atoms with E-state index in [1.165, 1.54) is 5.56 Å². The third kappa shape index (κ3) is 2.94. The van der Waals surface area contributed by atoms with Crippen molar-refractivity contribution >= 4 is 22.8 Å². The highest BCUT2D eigenvalue weighted by molar-refractivity contribution is 5.87. The molecule has 0 amide bonds. The molecule has 2 aromatic heterocycles. The smallest absolute Gasteiger partial charge is 0.226 e. The molecule has 0 aliphatic rings. The zero-order valence-electron chi connectivity index (χ0n) is 12.1. The molecule has 21 heavy (non-hydrogen) atoms. The van der Waals surface area contributed by atoms with Gasteiger partial charge in [0.25, 0.3) is 0 Å². The van der Waals surface area contributed by atoms with Gasteiger partial charge in [0, 0.05) is 13.1 Å². The molecule has 0 saturated carbocycles. The van der Waals surface area contributed by atoms with Crippen LogP contribution in [0.3, 0.4) is 0 Å². The Morgan fingerprint density at radius 3 is 2.76 bits per heavy atom. The van der Waals surface area contributed by atoms with E-state index in [2.05, 4.69) is 62.0 Å². The van der Waals surface area contributed by atoms with E-state index in [1.54, 1.807) is 13.2 Å². The monoisotopic (exact) mass is 282 g/mol. The molecule has 6 nitrogen and oxygen atoms in total. The predicted octanol–water partition coefficient (Wildman–Crippen LogP) is 2.44. The minimum Gasteiger partial charge on any atom is -0.367 e. The van der Waals surface area contributed by atoms with Crippen LogP contribution in [-0.4, -0.2) is 33.3 Å². The van der Waals surface area contributed by atoms with Crippen LogP contribution in [-0.2, 0) is 6.42 Å². The van der Waals surface area contributed by atoms with E-state index in [4.69, 9.17) is 0 Å². The standard InChI is InChI=1S/C15H18N6/c1-10(8-11-6-4-3-5-7-11)18-13-12-9-17-21-14(12)20-15(16-2)19-13/h3-7,9-10H,8H2,1-2H3,(H3,16,17,18,19,20,21). The maximum atomic E-state index is 4.48. The molecule has 6 heteroatoms. The van der Waals surface area contributed by atoms with Crippen LogP contribution >= 0.6 is 0 Å². The number of hydrogen-bond donors (Lipinski definition) is 3. The second-order valence-corrected chi connectivity index (χ2v) is 5.01. The molecule has 1 aromatic carbocycles. The van der Waals surface area contributed by atoms with Gasteiger partial charge in [-0.15, -0.1) is 0 Å². The second kappa shape index (κ2) is 5.78. The van der Waals surface area contributed by atoms with Crippen LogP contribution in [0.25, 0.3) is 11.0 Å². The minimum atomic E-state index is 0.255. The summed E-state index contributed by atoms with van der Waals surface area (Å²) in [5, 5.41) is 14.2. The molecule has 3 rings (SSSR count). The molecular formula is C15H18N6. The van der Waals surface area contributed by atoms with Crippen LogP contribution in [0.15, 0.2) is 36.5 Å². The van der Waals surface area contributed by atoms with Crippen molar-refractivity contribution in [3.8, 4) is 0 Å². The number of aromatic amines is 1. The normalized spacial score (nSPS) is 12.3. The van der Waals surface area contributed by atoms with E-state index < -0.39 is 0 Å². The fourth-order valence-corrected chi connectivity index (χ4v) is 2.31. The van der Waals surface area contributed by atoms with E-state index >= 15 is 0 Å². The number of benzene rings is 1. The van der Waals surface area contributed by atoms with Crippen LogP contribution in [0, 0.1) is 0 Å². The molecule has 1 atom stereocenters. The lowest BCUT2D eigenvalue weighted by atomic mass is 10.1. The first-order valence-corrected chi connectivity index (χ1v) is 6.95. The van der Waals surface area contributed by atoms with E-state index in [0.717, 1.165) is 23.3 Å². The van der Waals surface area contributed by atoms with Crippen molar-refractivity contribution in [1.82, 2.24) is 20.2 Å². The maximum absolute atomic E-state index is 4.48. The highest BCUT2D eigenvalue weighted by Crippen LogP contribution is 2.21. The van der Waals surface area contributed by atoms with Gasteiger partial charge in [0.2, 0.25) is 5.95 Å². The summed E-state index contributed by atoms with van der Waals surface area (Å²) in [6, 6.07) is 10.7. The molecule has 0 spiro atoms. The van der Waals surface area contributed by atoms with E-state index in [9.17, 15) is 0 Å². The predicted molar refractivity (Wildman–Crippen MR) is 84.5 cm³/mol. The number of H-pyrrole nitrogens is 1. The average molecular weight is 282 g/mol. The van der Waals surface area contributed by atoms with E-state index in [0.29, 0.717) is 5.95 Å². The fraction of sp³-hybridized carbons (Fsp3) is 0.267. The fourth-order valence-electron chi connectivity index (χ4n) is 2.31. The zero-order chi connectivity index (χ0) is 14.7. The Labute approximate surface area is 123 Å². The van der Waals surface area contributed by atoms with Crippen LogP contribution < -0.4 is 10.6 Å². The van der Waals surface area contributed by atoms with Crippen molar-refractivity contribution in [2.75, 3.05) is 17.7 Å². The Bertz CT molecular complexity index is 721. The van der Waals surface area contributed by atoms with Crippen LogP contribution in [0.1, 0.15) is 12.5 Å². The number of hydrogen-bond acceptors (Lipinski definition) is 5. The number of aromatic nitrogens is 4. The molecule has 0 bridgehead atoms. The molecule has 3 N–H and O–H groups in total. The summed E-state index contributed by atoms with van der Waals surface area (Å²) in [5.41, 5.74) is 2.02. The van der Waals surface area contributed by atoms with E-state index in [-0.39, 0.29) is 6.04 Å². The molecule has 0 aliphatic heterocycles. The zero-order valence-corrected chi connectivity index (χ0v) is 12.1. The van der Waals surface area contributed by atoms with Gasteiger partial charge in [-0.25, -0.2) is 0 Å². The lowest BCUT2D eigenvalue weighted by Crippen LogP contribution is -2.19. The quantitative estimate of drug-likeness (QED) is 0.670. The first kappa shape index (κ1) is 13.4. The molecule has 1 unspecified atom stereocenters. The molecular weight excluding hydrogens is 264 g/mol. The first-order valence-electron chi connectivity index (χ1n) is 6.95. The Hall–Kier alpha value is -2.63. The van der Waals surface area contributed by atoms with Crippen LogP contribution in [0.2, 0.25) is 0 Å². The summed E-state index contributed by atoms with van der Waals surface area (Å²) in [4.78, 5) is 8.81. The van der Waals surface area contributed by atoms with Gasteiger partial charge in [0.05, 0.1) is 11.6 Å². The van der Waals surface area contributed by atoms with Crippen LogP contribution in [0.4, 0.5) is 11.8 Å². The van der Waals surface area contributed by atoms with Gasteiger partial charge in [-0.3, -0.25) is 5.10 Å². The summed E-state index contributed by atoms with van der Waals surface area (Å²) in [6.07, 6.45) is 2.67. The number of nitrogens with zero attached hydrogens (tertiary/aromatic N) is 3. The number of anilines is 2. The second-order valence-electron chi connectivity index (χ2n) is 5.01. The molecule has 108 valence electrons. The average Bonchev–Trinajstić information content (AvgIpc) is 2.96. The van der Waals surface area contributed by atoms with Gasteiger partial charge in [0.15, 0.2) is 5.65 Å². The first-order chi connectivity index (χ1) is 10.3. The minimum absolute atomic E-state index is 0.255. The molecule has 0 fully saturated rings. The lowest BCUT2D eigenvalue weighted by molar-refractivity contribution is 0.786. The number of nitrogens with one attached hydrogen (secondary N) is 3. The van der Waals surface area contributed by atoms with Gasteiger partial charge in [-0.2, -0.15) is 15.1 Å². The summed E-state index contributed by atoms with van der Waals surface area (Å²) < 4.78 is 0. The Morgan fingerprint density at radius 2 is 2.00 bits per heavy atom. The maximum Gasteiger partial charge on any atom is 0.226 e. The largest absolute Gasteiger partial charge is 0.367 e. The van der Waals surface area contributed by atoms with Crippen molar-refractivity contribution in [3.05, 3.63) is 42.1 Å². The summed E-state index contributed by atoms with van der Waals surface area (Å²) in [7, 11) is 1.80. The topological polar surface area (TPSA) is 78.5 Å². The van der Waals surface area contributed by atoms with Gasteiger partial charge < -0.3 is 10.6 Å². The highest BCUT2D eigenvalue weighted by Gasteiger charge is 2.11. The summed E-state index contributed by atoms with van der Waals surface area (Å²) >= 11 is 0. The summed E-state index contributed by atoms with van der Waals surface area (Å²) in [6.45, 7) is 2.14. The molecule has 3 aromatic rings. The van der Waals surface area contributed by atoms with Crippen molar-refractivity contribution in [3.63, 3.8) is 0 Å². The van der Waals surface area contributed by atoms with Gasteiger partial charge >= 0.3 is 0 Å². The van der Waals surface area contributed by atoms with Crippen molar-refractivity contribution in [2.45, 2.75) is 19.4 Å². The van der Waals surface area contributed by atoms with Gasteiger partial charge in [-0.1, -0.05) is 30.3 Å². The summed E-state index contributed by atoms with van der Waals surface area (Å²) in [5.74, 6) is 1.36.